The third-order valence-corrected chi connectivity index (χ3v) is 7.91. The number of esters is 2. The zero-order valence-electron chi connectivity index (χ0n) is 16.8. The molecule has 4 rings (SSSR count). The van der Waals surface area contributed by atoms with Crippen LogP contribution in [0.5, 0.6) is 0 Å². The third kappa shape index (κ3) is 2.34. The van der Waals surface area contributed by atoms with E-state index in [9.17, 15) is 24.6 Å². The van der Waals surface area contributed by atoms with Crippen LogP contribution < -0.4 is 0 Å². The Morgan fingerprint density at radius 2 is 1.83 bits per heavy atom. The molecule has 0 spiro atoms. The third-order valence-electron chi connectivity index (χ3n) is 7.91. The highest BCUT2D eigenvalue weighted by molar-refractivity contribution is 5.92. The van der Waals surface area contributed by atoms with Crippen LogP contribution in [-0.4, -0.2) is 51.8 Å². The van der Waals surface area contributed by atoms with Crippen LogP contribution in [0.4, 0.5) is 0 Å². The summed E-state index contributed by atoms with van der Waals surface area (Å²) in [5.41, 5.74) is -5.96. The molecule has 1 aliphatic heterocycles. The standard InChI is InChI=1S/C22H26O7/c1-13-9-16-22(27)19(2,12-28-18(25)14-7-5-4-6-8-14)20(3,26)15(23)10-21(13,22)11-17(24)29-16/h4-8,13,16,26-27H,9-12H2,1-3H3. The second-order valence-corrected chi connectivity index (χ2v) is 9.16. The second kappa shape index (κ2) is 6.12. The van der Waals surface area contributed by atoms with Gasteiger partial charge in [0.15, 0.2) is 5.78 Å². The molecule has 2 saturated carbocycles. The Balaban J connectivity index is 1.76. The fourth-order valence-electron chi connectivity index (χ4n) is 5.85. The van der Waals surface area contributed by atoms with E-state index >= 15 is 0 Å². The molecule has 3 aliphatic rings. The Hall–Kier alpha value is -2.25. The number of hydrogen-bond donors (Lipinski definition) is 2. The summed E-state index contributed by atoms with van der Waals surface area (Å²) in [7, 11) is 0. The average molecular weight is 402 g/mol. The van der Waals surface area contributed by atoms with E-state index in [1.165, 1.54) is 6.92 Å². The molecule has 2 N–H and O–H groups in total. The van der Waals surface area contributed by atoms with Gasteiger partial charge in [0.2, 0.25) is 0 Å². The maximum atomic E-state index is 13.0. The number of aliphatic hydroxyl groups is 2. The Bertz CT molecular complexity index is 878. The minimum Gasteiger partial charge on any atom is -0.461 e. The number of rotatable bonds is 3. The fraction of sp³-hybridized carbons (Fsp3) is 0.591. The van der Waals surface area contributed by atoms with Gasteiger partial charge in [0.25, 0.3) is 0 Å². The van der Waals surface area contributed by atoms with E-state index in [1.54, 1.807) is 37.3 Å². The average Bonchev–Trinajstić information content (AvgIpc) is 2.79. The molecule has 1 aromatic carbocycles. The van der Waals surface area contributed by atoms with E-state index < -0.39 is 52.5 Å². The van der Waals surface area contributed by atoms with Crippen molar-refractivity contribution in [3.63, 3.8) is 0 Å². The van der Waals surface area contributed by atoms with Crippen molar-refractivity contribution in [1.82, 2.24) is 0 Å². The Kier molecular flexibility index (Phi) is 4.23. The monoisotopic (exact) mass is 402 g/mol. The molecule has 1 saturated heterocycles. The fourth-order valence-corrected chi connectivity index (χ4v) is 5.85. The zero-order valence-corrected chi connectivity index (χ0v) is 16.8. The zero-order chi connectivity index (χ0) is 21.2. The van der Waals surface area contributed by atoms with Crippen LogP contribution >= 0.6 is 0 Å². The number of carbonyl (C=O) groups excluding carboxylic acids is 3. The Morgan fingerprint density at radius 3 is 2.48 bits per heavy atom. The van der Waals surface area contributed by atoms with Gasteiger partial charge in [-0.25, -0.2) is 4.79 Å². The number of ketones is 1. The Labute approximate surface area is 169 Å². The van der Waals surface area contributed by atoms with Gasteiger partial charge >= 0.3 is 11.9 Å². The maximum Gasteiger partial charge on any atom is 0.338 e. The molecule has 7 nitrogen and oxygen atoms in total. The maximum absolute atomic E-state index is 13.0. The topological polar surface area (TPSA) is 110 Å². The Morgan fingerprint density at radius 1 is 1.17 bits per heavy atom. The van der Waals surface area contributed by atoms with Crippen LogP contribution in [0.1, 0.15) is 50.4 Å². The smallest absolute Gasteiger partial charge is 0.338 e. The number of hydrogen-bond acceptors (Lipinski definition) is 7. The predicted molar refractivity (Wildman–Crippen MR) is 101 cm³/mol. The largest absolute Gasteiger partial charge is 0.461 e. The second-order valence-electron chi connectivity index (χ2n) is 9.16. The first kappa shape index (κ1) is 20.0. The van der Waals surface area contributed by atoms with Gasteiger partial charge in [0, 0.05) is 11.8 Å². The molecule has 0 aromatic heterocycles. The molecule has 0 radical (unpaired) electrons. The molecule has 6 unspecified atom stereocenters. The molecule has 7 heteroatoms. The predicted octanol–water partition coefficient (Wildman–Crippen LogP) is 1.65. The molecule has 1 aromatic rings. The van der Waals surface area contributed by atoms with E-state index in [-0.39, 0.29) is 18.8 Å². The van der Waals surface area contributed by atoms with E-state index in [0.717, 1.165) is 0 Å². The summed E-state index contributed by atoms with van der Waals surface area (Å²) >= 11 is 0. The highest BCUT2D eigenvalue weighted by atomic mass is 16.6. The first-order valence-electron chi connectivity index (χ1n) is 9.89. The highest BCUT2D eigenvalue weighted by Crippen LogP contribution is 2.69. The van der Waals surface area contributed by atoms with Crippen molar-refractivity contribution in [1.29, 1.82) is 0 Å². The van der Waals surface area contributed by atoms with Crippen molar-refractivity contribution >= 4 is 17.7 Å². The minimum absolute atomic E-state index is 0.106. The van der Waals surface area contributed by atoms with Crippen molar-refractivity contribution in [3.8, 4) is 0 Å². The van der Waals surface area contributed by atoms with Crippen molar-refractivity contribution in [2.24, 2.45) is 16.7 Å². The molecule has 2 bridgehead atoms. The van der Waals surface area contributed by atoms with E-state index in [1.807, 2.05) is 6.92 Å². The lowest BCUT2D eigenvalue weighted by Gasteiger charge is -2.63. The first-order chi connectivity index (χ1) is 13.5. The van der Waals surface area contributed by atoms with Crippen molar-refractivity contribution in [2.75, 3.05) is 6.61 Å². The van der Waals surface area contributed by atoms with Gasteiger partial charge in [0.05, 0.1) is 17.4 Å². The lowest BCUT2D eigenvalue weighted by atomic mass is 9.45. The molecule has 6 atom stereocenters. The van der Waals surface area contributed by atoms with Crippen molar-refractivity contribution < 1.29 is 34.1 Å². The van der Waals surface area contributed by atoms with Crippen molar-refractivity contribution in [3.05, 3.63) is 35.9 Å². The molecule has 0 amide bonds. The van der Waals surface area contributed by atoms with Gasteiger partial charge < -0.3 is 19.7 Å². The highest BCUT2D eigenvalue weighted by Gasteiger charge is 2.81. The number of Topliss-reactive ketones (excluding diaryl/α,β-unsaturated/α-hetero) is 1. The van der Waals surface area contributed by atoms with Gasteiger partial charge in [0.1, 0.15) is 23.9 Å². The van der Waals surface area contributed by atoms with Crippen LogP contribution in [0.2, 0.25) is 0 Å². The number of ether oxygens (including phenoxy) is 2. The normalized spacial score (nSPS) is 43.5. The van der Waals surface area contributed by atoms with E-state index in [4.69, 9.17) is 9.47 Å². The van der Waals surface area contributed by atoms with Gasteiger partial charge in [-0.1, -0.05) is 32.0 Å². The molecular weight excluding hydrogens is 376 g/mol. The molecule has 3 fully saturated rings. The molecule has 29 heavy (non-hydrogen) atoms. The summed E-state index contributed by atoms with van der Waals surface area (Å²) < 4.78 is 11.0. The molecule has 2 aliphatic carbocycles. The summed E-state index contributed by atoms with van der Waals surface area (Å²) in [4.78, 5) is 37.7. The van der Waals surface area contributed by atoms with Crippen LogP contribution in [0.25, 0.3) is 0 Å². The van der Waals surface area contributed by atoms with Crippen LogP contribution in [0, 0.1) is 16.7 Å². The van der Waals surface area contributed by atoms with Crippen LogP contribution in [-0.2, 0) is 19.1 Å². The summed E-state index contributed by atoms with van der Waals surface area (Å²) in [6.07, 6.45) is -0.719. The van der Waals surface area contributed by atoms with E-state index in [2.05, 4.69) is 0 Å². The van der Waals surface area contributed by atoms with Gasteiger partial charge in [-0.05, 0) is 31.4 Å². The quantitative estimate of drug-likeness (QED) is 0.740. The lowest BCUT2D eigenvalue weighted by Crippen LogP contribution is -2.78. The molecule has 1 heterocycles. The number of carbonyl (C=O) groups is 3. The first-order valence-corrected chi connectivity index (χ1v) is 9.89. The number of benzene rings is 1. The molecular formula is C22H26O7. The lowest BCUT2D eigenvalue weighted by molar-refractivity contribution is -0.296. The summed E-state index contributed by atoms with van der Waals surface area (Å²) in [5, 5.41) is 23.3. The minimum atomic E-state index is -1.96. The SMILES string of the molecule is CC1CC2OC(=O)CC13CC(=O)C(C)(O)C(C)(COC(=O)c1ccccc1)C23O. The van der Waals surface area contributed by atoms with Gasteiger partial charge in [-0.3, -0.25) is 9.59 Å². The summed E-state index contributed by atoms with van der Waals surface area (Å²) in [6, 6.07) is 8.36. The van der Waals surface area contributed by atoms with Crippen molar-refractivity contribution in [2.45, 2.75) is 57.3 Å². The van der Waals surface area contributed by atoms with Crippen LogP contribution in [0.15, 0.2) is 30.3 Å². The summed E-state index contributed by atoms with van der Waals surface area (Å²) in [6.45, 7) is 4.38. The summed E-state index contributed by atoms with van der Waals surface area (Å²) in [5.74, 6) is -1.72. The van der Waals surface area contributed by atoms with Crippen LogP contribution in [0.3, 0.4) is 0 Å². The van der Waals surface area contributed by atoms with E-state index in [0.29, 0.717) is 12.0 Å². The molecule has 156 valence electrons. The van der Waals surface area contributed by atoms with Gasteiger partial charge in [-0.15, -0.1) is 0 Å². The van der Waals surface area contributed by atoms with Gasteiger partial charge in [-0.2, -0.15) is 0 Å².